The van der Waals surface area contributed by atoms with Crippen LogP contribution >= 0.6 is 0 Å². The quantitative estimate of drug-likeness (QED) is 0.746. The molecule has 0 bridgehead atoms. The Kier molecular flexibility index (Phi) is 2.44. The molecule has 0 aliphatic carbocycles. The zero-order valence-corrected chi connectivity index (χ0v) is 9.15. The Hall–Kier alpha value is -2.43. The van der Waals surface area contributed by atoms with Gasteiger partial charge in [0, 0.05) is 6.07 Å². The molecule has 1 N–H and O–H groups in total. The smallest absolute Gasteiger partial charge is 0.300 e. The summed E-state index contributed by atoms with van der Waals surface area (Å²) in [4.78, 5) is 4.11. The Balaban J connectivity index is 1.98. The van der Waals surface area contributed by atoms with Crippen LogP contribution in [0.2, 0.25) is 0 Å². The molecule has 0 fully saturated rings. The molecule has 0 amide bonds. The number of hydrogen-bond donors (Lipinski definition) is 1. The molecule has 0 atom stereocenters. The van der Waals surface area contributed by atoms with Crippen molar-refractivity contribution in [2.45, 2.75) is 0 Å². The van der Waals surface area contributed by atoms with Crippen molar-refractivity contribution in [1.82, 2.24) is 4.98 Å². The summed E-state index contributed by atoms with van der Waals surface area (Å²) in [5.74, 6) is -1.10. The molecular formula is C13H8F2N2O. The Labute approximate surface area is 101 Å². The largest absolute Gasteiger partial charge is 0.423 e. The van der Waals surface area contributed by atoms with E-state index in [-0.39, 0.29) is 11.7 Å². The fraction of sp³-hybridized carbons (Fsp3) is 0. The number of halogens is 2. The van der Waals surface area contributed by atoms with E-state index in [9.17, 15) is 8.78 Å². The average molecular weight is 246 g/mol. The summed E-state index contributed by atoms with van der Waals surface area (Å²) < 4.78 is 31.8. The van der Waals surface area contributed by atoms with Crippen LogP contribution in [0, 0.1) is 11.6 Å². The molecule has 0 spiro atoms. The normalized spacial score (nSPS) is 10.8. The zero-order chi connectivity index (χ0) is 12.5. The van der Waals surface area contributed by atoms with Crippen LogP contribution < -0.4 is 5.32 Å². The second-order valence-electron chi connectivity index (χ2n) is 3.74. The predicted molar refractivity (Wildman–Crippen MR) is 63.6 cm³/mol. The van der Waals surface area contributed by atoms with E-state index in [0.29, 0.717) is 11.1 Å². The maximum absolute atomic E-state index is 13.4. The third-order valence-electron chi connectivity index (χ3n) is 2.46. The van der Waals surface area contributed by atoms with Gasteiger partial charge in [-0.3, -0.25) is 0 Å². The first-order chi connectivity index (χ1) is 8.72. The molecule has 0 aliphatic rings. The fourth-order valence-electron chi connectivity index (χ4n) is 1.63. The Morgan fingerprint density at radius 2 is 1.89 bits per heavy atom. The molecule has 5 heteroatoms. The highest BCUT2D eigenvalue weighted by Gasteiger charge is 2.09. The molecule has 90 valence electrons. The number of anilines is 2. The first-order valence-electron chi connectivity index (χ1n) is 5.30. The summed E-state index contributed by atoms with van der Waals surface area (Å²) in [6.45, 7) is 0. The first-order valence-corrected chi connectivity index (χ1v) is 5.30. The number of oxazole rings is 1. The van der Waals surface area contributed by atoms with E-state index >= 15 is 0 Å². The molecule has 3 nitrogen and oxygen atoms in total. The van der Waals surface area contributed by atoms with Crippen LogP contribution in [-0.4, -0.2) is 4.98 Å². The van der Waals surface area contributed by atoms with Crippen LogP contribution in [-0.2, 0) is 0 Å². The summed E-state index contributed by atoms with van der Waals surface area (Å²) in [6, 6.07) is 10.4. The molecule has 0 radical (unpaired) electrons. The third kappa shape index (κ3) is 1.90. The minimum absolute atomic E-state index is 0.0124. The van der Waals surface area contributed by atoms with Gasteiger partial charge >= 0.3 is 0 Å². The number of fused-ring (bicyclic) bond motifs is 1. The summed E-state index contributed by atoms with van der Waals surface area (Å²) >= 11 is 0. The molecule has 0 saturated heterocycles. The Bertz CT molecular complexity index is 676. The minimum atomic E-state index is -0.571. The predicted octanol–water partition coefficient (Wildman–Crippen LogP) is 3.85. The van der Waals surface area contributed by atoms with Crippen molar-refractivity contribution >= 4 is 22.8 Å². The zero-order valence-electron chi connectivity index (χ0n) is 9.15. The van der Waals surface area contributed by atoms with E-state index in [4.69, 9.17) is 4.42 Å². The van der Waals surface area contributed by atoms with Crippen molar-refractivity contribution in [3.63, 3.8) is 0 Å². The van der Waals surface area contributed by atoms with Gasteiger partial charge in [0.1, 0.15) is 17.2 Å². The number of nitrogens with one attached hydrogen (secondary N) is 1. The second-order valence-corrected chi connectivity index (χ2v) is 3.74. The van der Waals surface area contributed by atoms with Crippen molar-refractivity contribution in [3.05, 3.63) is 54.1 Å². The van der Waals surface area contributed by atoms with E-state index < -0.39 is 11.6 Å². The highest BCUT2D eigenvalue weighted by molar-refractivity contribution is 5.75. The topological polar surface area (TPSA) is 38.1 Å². The SMILES string of the molecule is Fc1ccc(F)c(Nc2nc3ccccc3o2)c1. The van der Waals surface area contributed by atoms with Crippen LogP contribution in [0.15, 0.2) is 46.9 Å². The van der Waals surface area contributed by atoms with E-state index in [1.807, 2.05) is 6.07 Å². The molecule has 0 saturated carbocycles. The lowest BCUT2D eigenvalue weighted by molar-refractivity contribution is 0.597. The summed E-state index contributed by atoms with van der Waals surface area (Å²) in [7, 11) is 0. The molecule has 3 rings (SSSR count). The molecule has 3 aromatic rings. The Morgan fingerprint density at radius 1 is 1.06 bits per heavy atom. The number of aromatic nitrogens is 1. The molecular weight excluding hydrogens is 238 g/mol. The molecule has 2 aromatic carbocycles. The van der Waals surface area contributed by atoms with Crippen molar-refractivity contribution in [3.8, 4) is 0 Å². The van der Waals surface area contributed by atoms with Gasteiger partial charge in [-0.05, 0) is 24.3 Å². The molecule has 0 aliphatic heterocycles. The minimum Gasteiger partial charge on any atom is -0.423 e. The molecule has 1 heterocycles. The Morgan fingerprint density at radius 3 is 2.72 bits per heavy atom. The summed E-state index contributed by atoms with van der Waals surface area (Å²) in [5, 5.41) is 2.61. The van der Waals surface area contributed by atoms with Gasteiger partial charge in [-0.2, -0.15) is 4.98 Å². The number of hydrogen-bond acceptors (Lipinski definition) is 3. The maximum atomic E-state index is 13.4. The lowest BCUT2D eigenvalue weighted by atomic mass is 10.3. The van der Waals surface area contributed by atoms with Crippen LogP contribution in [0.1, 0.15) is 0 Å². The van der Waals surface area contributed by atoms with Gasteiger partial charge < -0.3 is 9.73 Å². The third-order valence-corrected chi connectivity index (χ3v) is 2.46. The summed E-state index contributed by atoms with van der Waals surface area (Å²) in [5.41, 5.74) is 1.22. The van der Waals surface area contributed by atoms with Gasteiger partial charge in [-0.1, -0.05) is 12.1 Å². The summed E-state index contributed by atoms with van der Waals surface area (Å²) in [6.07, 6.45) is 0. The lowest BCUT2D eigenvalue weighted by Crippen LogP contribution is -1.94. The van der Waals surface area contributed by atoms with Crippen molar-refractivity contribution in [2.75, 3.05) is 5.32 Å². The molecule has 0 unspecified atom stereocenters. The van der Waals surface area contributed by atoms with Gasteiger partial charge in [-0.25, -0.2) is 8.78 Å². The van der Waals surface area contributed by atoms with Gasteiger partial charge in [0.15, 0.2) is 5.58 Å². The molecule has 1 aromatic heterocycles. The first kappa shape index (κ1) is 10.7. The van der Waals surface area contributed by atoms with Crippen LogP contribution in [0.4, 0.5) is 20.5 Å². The molecule has 18 heavy (non-hydrogen) atoms. The van der Waals surface area contributed by atoms with E-state index in [1.54, 1.807) is 18.2 Å². The van der Waals surface area contributed by atoms with Crippen LogP contribution in [0.5, 0.6) is 0 Å². The van der Waals surface area contributed by atoms with Crippen molar-refractivity contribution in [2.24, 2.45) is 0 Å². The standard InChI is InChI=1S/C13H8F2N2O/c14-8-5-6-9(15)11(7-8)17-13-16-10-3-1-2-4-12(10)18-13/h1-7H,(H,16,17). The average Bonchev–Trinajstić information content (AvgIpc) is 2.76. The number of rotatable bonds is 2. The van der Waals surface area contributed by atoms with Crippen molar-refractivity contribution in [1.29, 1.82) is 0 Å². The fourth-order valence-corrected chi connectivity index (χ4v) is 1.63. The second kappa shape index (κ2) is 4.10. The van der Waals surface area contributed by atoms with E-state index in [2.05, 4.69) is 10.3 Å². The maximum Gasteiger partial charge on any atom is 0.300 e. The number of nitrogens with zero attached hydrogens (tertiary/aromatic N) is 1. The van der Waals surface area contributed by atoms with E-state index in [0.717, 1.165) is 18.2 Å². The van der Waals surface area contributed by atoms with Crippen LogP contribution in [0.25, 0.3) is 11.1 Å². The monoisotopic (exact) mass is 246 g/mol. The van der Waals surface area contributed by atoms with Gasteiger partial charge in [0.2, 0.25) is 0 Å². The van der Waals surface area contributed by atoms with Gasteiger partial charge in [0.05, 0.1) is 5.69 Å². The van der Waals surface area contributed by atoms with Gasteiger partial charge in [0.25, 0.3) is 6.01 Å². The lowest BCUT2D eigenvalue weighted by Gasteiger charge is -2.02. The highest BCUT2D eigenvalue weighted by atomic mass is 19.1. The van der Waals surface area contributed by atoms with E-state index in [1.165, 1.54) is 0 Å². The number of para-hydroxylation sites is 2. The van der Waals surface area contributed by atoms with Gasteiger partial charge in [-0.15, -0.1) is 0 Å². The van der Waals surface area contributed by atoms with Crippen LogP contribution in [0.3, 0.4) is 0 Å². The highest BCUT2D eigenvalue weighted by Crippen LogP contribution is 2.23. The van der Waals surface area contributed by atoms with Crippen molar-refractivity contribution < 1.29 is 13.2 Å². The number of benzene rings is 2.